The lowest BCUT2D eigenvalue weighted by atomic mass is 10.1. The Bertz CT molecular complexity index is 432. The molecular formula is C14H21NO2S. The lowest BCUT2D eigenvalue weighted by Gasteiger charge is -2.06. The number of hydrogen-bond acceptors (Lipinski definition) is 3. The molecule has 1 aromatic carbocycles. The fourth-order valence-electron chi connectivity index (χ4n) is 2.05. The van der Waals surface area contributed by atoms with Gasteiger partial charge in [0.2, 0.25) is 0 Å². The van der Waals surface area contributed by atoms with Crippen LogP contribution in [0.25, 0.3) is 0 Å². The summed E-state index contributed by atoms with van der Waals surface area (Å²) >= 11 is 0. The first-order valence-corrected chi connectivity index (χ1v) is 7.99. The zero-order valence-electron chi connectivity index (χ0n) is 10.9. The molecule has 1 heterocycles. The standard InChI is InChI=1S/C14H21NO2S/c1-11(15)5-8-18(16)9-6-12-2-3-14-13(10-12)4-7-17-14/h2-3,10-11H,4-9,15H2,1H3. The fraction of sp³-hybridized carbons (Fsp3) is 0.571. The van der Waals surface area contributed by atoms with E-state index in [1.807, 2.05) is 13.0 Å². The average Bonchev–Trinajstić information content (AvgIpc) is 2.81. The Morgan fingerprint density at radius 2 is 2.28 bits per heavy atom. The predicted octanol–water partition coefficient (Wildman–Crippen LogP) is 1.65. The molecule has 0 aromatic heterocycles. The highest BCUT2D eigenvalue weighted by Crippen LogP contribution is 2.25. The first-order chi connectivity index (χ1) is 8.65. The Morgan fingerprint density at radius 3 is 3.06 bits per heavy atom. The van der Waals surface area contributed by atoms with Crippen molar-refractivity contribution in [3.8, 4) is 5.75 Å². The van der Waals surface area contributed by atoms with Crippen LogP contribution in [0.5, 0.6) is 5.75 Å². The highest BCUT2D eigenvalue weighted by Gasteiger charge is 2.12. The quantitative estimate of drug-likeness (QED) is 0.852. The number of nitrogens with two attached hydrogens (primary N) is 1. The molecule has 0 amide bonds. The molecular weight excluding hydrogens is 246 g/mol. The van der Waals surface area contributed by atoms with Crippen LogP contribution >= 0.6 is 0 Å². The smallest absolute Gasteiger partial charge is 0.122 e. The van der Waals surface area contributed by atoms with Gasteiger partial charge in [-0.05, 0) is 37.0 Å². The number of hydrogen-bond donors (Lipinski definition) is 1. The molecule has 0 fully saturated rings. The van der Waals surface area contributed by atoms with Crippen LogP contribution in [-0.4, -0.2) is 28.4 Å². The molecule has 18 heavy (non-hydrogen) atoms. The normalized spacial score (nSPS) is 17.0. The summed E-state index contributed by atoms with van der Waals surface area (Å²) < 4.78 is 17.3. The van der Waals surface area contributed by atoms with Crippen LogP contribution in [0.1, 0.15) is 24.5 Å². The van der Waals surface area contributed by atoms with E-state index in [2.05, 4.69) is 12.1 Å². The van der Waals surface area contributed by atoms with E-state index in [9.17, 15) is 4.21 Å². The minimum Gasteiger partial charge on any atom is -0.493 e. The third-order valence-corrected chi connectivity index (χ3v) is 4.52. The van der Waals surface area contributed by atoms with Gasteiger partial charge in [0, 0.05) is 34.8 Å². The molecule has 4 heteroatoms. The van der Waals surface area contributed by atoms with E-state index in [0.717, 1.165) is 37.4 Å². The molecule has 1 aliphatic rings. The van der Waals surface area contributed by atoms with Gasteiger partial charge in [0.15, 0.2) is 0 Å². The second kappa shape index (κ2) is 6.34. The summed E-state index contributed by atoms with van der Waals surface area (Å²) in [6.07, 6.45) is 2.71. The van der Waals surface area contributed by atoms with E-state index in [-0.39, 0.29) is 6.04 Å². The van der Waals surface area contributed by atoms with E-state index >= 15 is 0 Å². The zero-order valence-corrected chi connectivity index (χ0v) is 11.7. The van der Waals surface area contributed by atoms with E-state index in [1.54, 1.807) is 0 Å². The third-order valence-electron chi connectivity index (χ3n) is 3.17. The van der Waals surface area contributed by atoms with Crippen molar-refractivity contribution < 1.29 is 8.95 Å². The number of benzene rings is 1. The molecule has 0 saturated carbocycles. The lowest BCUT2D eigenvalue weighted by Crippen LogP contribution is -2.19. The van der Waals surface area contributed by atoms with Crippen molar-refractivity contribution in [1.82, 2.24) is 0 Å². The maximum absolute atomic E-state index is 11.8. The second-order valence-corrected chi connectivity index (χ2v) is 6.60. The second-order valence-electron chi connectivity index (χ2n) is 4.90. The Labute approximate surface area is 111 Å². The fourth-order valence-corrected chi connectivity index (χ4v) is 3.35. The predicted molar refractivity (Wildman–Crippen MR) is 75.5 cm³/mol. The molecule has 0 aliphatic carbocycles. The molecule has 100 valence electrons. The summed E-state index contributed by atoms with van der Waals surface area (Å²) in [4.78, 5) is 0. The van der Waals surface area contributed by atoms with Crippen molar-refractivity contribution >= 4 is 10.8 Å². The SMILES string of the molecule is CC(N)CCS(=O)CCc1ccc2c(c1)CCO2. The summed E-state index contributed by atoms with van der Waals surface area (Å²) in [6, 6.07) is 6.44. The van der Waals surface area contributed by atoms with Gasteiger partial charge in [-0.2, -0.15) is 0 Å². The van der Waals surface area contributed by atoms with Crippen LogP contribution in [0.4, 0.5) is 0 Å². The Balaban J connectivity index is 1.81. The summed E-state index contributed by atoms with van der Waals surface area (Å²) in [5.41, 5.74) is 8.20. The number of fused-ring (bicyclic) bond motifs is 1. The van der Waals surface area contributed by atoms with Gasteiger partial charge in [-0.3, -0.25) is 4.21 Å². The Morgan fingerprint density at radius 1 is 1.44 bits per heavy atom. The summed E-state index contributed by atoms with van der Waals surface area (Å²) in [6.45, 7) is 2.75. The maximum atomic E-state index is 11.8. The molecule has 1 aromatic rings. The van der Waals surface area contributed by atoms with Gasteiger partial charge >= 0.3 is 0 Å². The molecule has 0 bridgehead atoms. The van der Waals surface area contributed by atoms with Gasteiger partial charge in [0.05, 0.1) is 6.61 Å². The molecule has 3 nitrogen and oxygen atoms in total. The van der Waals surface area contributed by atoms with Gasteiger partial charge in [0.1, 0.15) is 5.75 Å². The van der Waals surface area contributed by atoms with E-state index in [1.165, 1.54) is 11.1 Å². The average molecular weight is 267 g/mol. The van der Waals surface area contributed by atoms with Gasteiger partial charge in [-0.15, -0.1) is 0 Å². The van der Waals surface area contributed by atoms with Crippen molar-refractivity contribution in [1.29, 1.82) is 0 Å². The van der Waals surface area contributed by atoms with Crippen LogP contribution in [-0.2, 0) is 23.6 Å². The Hall–Kier alpha value is -0.870. The van der Waals surface area contributed by atoms with Crippen molar-refractivity contribution in [3.63, 3.8) is 0 Å². The van der Waals surface area contributed by atoms with Gasteiger partial charge in [-0.1, -0.05) is 12.1 Å². The van der Waals surface area contributed by atoms with Crippen LogP contribution < -0.4 is 10.5 Å². The van der Waals surface area contributed by atoms with Gasteiger partial charge in [0.25, 0.3) is 0 Å². The van der Waals surface area contributed by atoms with Gasteiger partial charge in [-0.25, -0.2) is 0 Å². The molecule has 0 saturated heterocycles. The monoisotopic (exact) mass is 267 g/mol. The largest absolute Gasteiger partial charge is 0.493 e. The minimum absolute atomic E-state index is 0.145. The molecule has 2 N–H and O–H groups in total. The van der Waals surface area contributed by atoms with Crippen LogP contribution in [0.2, 0.25) is 0 Å². The molecule has 0 spiro atoms. The molecule has 1 aliphatic heterocycles. The van der Waals surface area contributed by atoms with Gasteiger partial charge < -0.3 is 10.5 Å². The maximum Gasteiger partial charge on any atom is 0.122 e. The van der Waals surface area contributed by atoms with Crippen LogP contribution in [0, 0.1) is 0 Å². The van der Waals surface area contributed by atoms with E-state index in [4.69, 9.17) is 10.5 Å². The van der Waals surface area contributed by atoms with Crippen LogP contribution in [0.15, 0.2) is 18.2 Å². The molecule has 0 radical (unpaired) electrons. The van der Waals surface area contributed by atoms with Crippen molar-refractivity contribution in [3.05, 3.63) is 29.3 Å². The highest BCUT2D eigenvalue weighted by molar-refractivity contribution is 7.84. The third kappa shape index (κ3) is 3.82. The van der Waals surface area contributed by atoms with Crippen molar-refractivity contribution in [2.45, 2.75) is 32.2 Å². The molecule has 2 atom stereocenters. The number of rotatable bonds is 6. The topological polar surface area (TPSA) is 52.3 Å². The summed E-state index contributed by atoms with van der Waals surface area (Å²) in [7, 11) is -0.751. The van der Waals surface area contributed by atoms with E-state index in [0.29, 0.717) is 5.75 Å². The van der Waals surface area contributed by atoms with Crippen molar-refractivity contribution in [2.75, 3.05) is 18.1 Å². The van der Waals surface area contributed by atoms with E-state index < -0.39 is 10.8 Å². The Kier molecular flexibility index (Phi) is 4.78. The van der Waals surface area contributed by atoms with Crippen LogP contribution in [0.3, 0.4) is 0 Å². The lowest BCUT2D eigenvalue weighted by molar-refractivity contribution is 0.357. The highest BCUT2D eigenvalue weighted by atomic mass is 32.2. The minimum atomic E-state index is -0.751. The first kappa shape index (κ1) is 13.6. The number of ether oxygens (including phenoxy) is 1. The molecule has 2 unspecified atom stereocenters. The summed E-state index contributed by atoms with van der Waals surface area (Å²) in [5.74, 6) is 2.45. The first-order valence-electron chi connectivity index (χ1n) is 6.50. The zero-order chi connectivity index (χ0) is 13.0. The number of aryl methyl sites for hydroxylation is 1. The molecule has 2 rings (SSSR count). The summed E-state index contributed by atoms with van der Waals surface area (Å²) in [5, 5.41) is 0. The van der Waals surface area contributed by atoms with Crippen molar-refractivity contribution in [2.24, 2.45) is 5.73 Å².